The van der Waals surface area contributed by atoms with Gasteiger partial charge in [0.1, 0.15) is 0 Å². The lowest BCUT2D eigenvalue weighted by atomic mass is 9.91. The van der Waals surface area contributed by atoms with Gasteiger partial charge in [-0.2, -0.15) is 0 Å². The SMILES string of the molecule is CCCC(N)C(O)CC(C)c1c(Cl)ccc(Cl)c1Cl. The van der Waals surface area contributed by atoms with Crippen molar-refractivity contribution in [1.82, 2.24) is 0 Å². The molecule has 19 heavy (non-hydrogen) atoms. The molecule has 3 atom stereocenters. The first-order valence-electron chi connectivity index (χ1n) is 6.45. The summed E-state index contributed by atoms with van der Waals surface area (Å²) < 4.78 is 0. The fourth-order valence-electron chi connectivity index (χ4n) is 2.18. The first-order chi connectivity index (χ1) is 8.88. The van der Waals surface area contributed by atoms with Gasteiger partial charge in [0.05, 0.1) is 16.1 Å². The molecule has 0 spiro atoms. The van der Waals surface area contributed by atoms with Gasteiger partial charge in [-0.25, -0.2) is 0 Å². The molecule has 1 aromatic carbocycles. The van der Waals surface area contributed by atoms with Crippen molar-refractivity contribution < 1.29 is 5.11 Å². The fraction of sp³-hybridized carbons (Fsp3) is 0.571. The average Bonchev–Trinajstić information content (AvgIpc) is 2.34. The third-order valence-electron chi connectivity index (χ3n) is 3.28. The number of halogens is 3. The van der Waals surface area contributed by atoms with E-state index < -0.39 is 6.10 Å². The Kier molecular flexibility index (Phi) is 6.92. The van der Waals surface area contributed by atoms with E-state index in [4.69, 9.17) is 40.5 Å². The van der Waals surface area contributed by atoms with Gasteiger partial charge in [0, 0.05) is 11.1 Å². The van der Waals surface area contributed by atoms with E-state index in [9.17, 15) is 5.11 Å². The lowest BCUT2D eigenvalue weighted by Gasteiger charge is -2.23. The molecule has 0 amide bonds. The molecule has 0 heterocycles. The minimum atomic E-state index is -0.568. The van der Waals surface area contributed by atoms with Gasteiger partial charge in [-0.3, -0.25) is 0 Å². The molecule has 0 saturated heterocycles. The van der Waals surface area contributed by atoms with E-state index in [1.807, 2.05) is 13.8 Å². The zero-order valence-electron chi connectivity index (χ0n) is 11.2. The van der Waals surface area contributed by atoms with Gasteiger partial charge in [0.15, 0.2) is 0 Å². The molecule has 0 aliphatic carbocycles. The quantitative estimate of drug-likeness (QED) is 0.749. The highest BCUT2D eigenvalue weighted by Gasteiger charge is 2.22. The molecule has 0 saturated carbocycles. The third kappa shape index (κ3) is 4.51. The van der Waals surface area contributed by atoms with Gasteiger partial charge in [-0.05, 0) is 36.5 Å². The summed E-state index contributed by atoms with van der Waals surface area (Å²) in [6.07, 6.45) is 1.69. The van der Waals surface area contributed by atoms with Crippen LogP contribution in [0.4, 0.5) is 0 Å². The molecule has 0 fully saturated rings. The van der Waals surface area contributed by atoms with E-state index >= 15 is 0 Å². The molecule has 0 aliphatic rings. The van der Waals surface area contributed by atoms with Gasteiger partial charge >= 0.3 is 0 Å². The van der Waals surface area contributed by atoms with E-state index in [2.05, 4.69) is 0 Å². The molecule has 5 heteroatoms. The summed E-state index contributed by atoms with van der Waals surface area (Å²) in [6.45, 7) is 4.01. The summed E-state index contributed by atoms with van der Waals surface area (Å²) in [6, 6.07) is 3.17. The maximum atomic E-state index is 10.1. The Morgan fingerprint density at radius 2 is 1.79 bits per heavy atom. The van der Waals surface area contributed by atoms with Crippen molar-refractivity contribution in [2.75, 3.05) is 0 Å². The predicted octanol–water partition coefficient (Wildman–Crippen LogP) is 4.63. The number of aliphatic hydroxyl groups excluding tert-OH is 1. The van der Waals surface area contributed by atoms with Crippen LogP contribution in [0.1, 0.15) is 44.6 Å². The van der Waals surface area contributed by atoms with Crippen molar-refractivity contribution in [3.63, 3.8) is 0 Å². The zero-order valence-corrected chi connectivity index (χ0v) is 13.4. The molecule has 3 N–H and O–H groups in total. The lowest BCUT2D eigenvalue weighted by molar-refractivity contribution is 0.124. The largest absolute Gasteiger partial charge is 0.391 e. The maximum Gasteiger partial charge on any atom is 0.0696 e. The van der Waals surface area contributed by atoms with Gasteiger partial charge in [-0.15, -0.1) is 0 Å². The Hall–Kier alpha value is 0.01000. The first kappa shape index (κ1) is 17.1. The molecule has 3 unspecified atom stereocenters. The van der Waals surface area contributed by atoms with Crippen molar-refractivity contribution in [1.29, 1.82) is 0 Å². The van der Waals surface area contributed by atoms with Crippen molar-refractivity contribution in [2.24, 2.45) is 5.73 Å². The Morgan fingerprint density at radius 3 is 2.37 bits per heavy atom. The van der Waals surface area contributed by atoms with Gasteiger partial charge in [-0.1, -0.05) is 55.1 Å². The molecule has 0 aliphatic heterocycles. The van der Waals surface area contributed by atoms with Crippen molar-refractivity contribution in [3.8, 4) is 0 Å². The van der Waals surface area contributed by atoms with Crippen LogP contribution in [0.25, 0.3) is 0 Å². The summed E-state index contributed by atoms with van der Waals surface area (Å²) >= 11 is 18.4. The topological polar surface area (TPSA) is 46.2 Å². The number of aliphatic hydroxyl groups is 1. The molecule has 0 aromatic heterocycles. The van der Waals surface area contributed by atoms with Crippen molar-refractivity contribution in [3.05, 3.63) is 32.8 Å². The van der Waals surface area contributed by atoms with Gasteiger partial charge < -0.3 is 10.8 Å². The van der Waals surface area contributed by atoms with Crippen LogP contribution >= 0.6 is 34.8 Å². The van der Waals surface area contributed by atoms with E-state index in [1.165, 1.54) is 0 Å². The van der Waals surface area contributed by atoms with E-state index in [0.717, 1.165) is 18.4 Å². The minimum absolute atomic E-state index is 0.00314. The molecule has 2 nitrogen and oxygen atoms in total. The number of hydrogen-bond acceptors (Lipinski definition) is 2. The summed E-state index contributed by atoms with van der Waals surface area (Å²) in [4.78, 5) is 0. The molecular weight excluding hydrogens is 305 g/mol. The van der Waals surface area contributed by atoms with Crippen LogP contribution in [-0.2, 0) is 0 Å². The first-order valence-corrected chi connectivity index (χ1v) is 7.58. The maximum absolute atomic E-state index is 10.1. The highest BCUT2D eigenvalue weighted by atomic mass is 35.5. The fourth-order valence-corrected chi connectivity index (χ4v) is 3.08. The standard InChI is InChI=1S/C14H20Cl3NO/c1-3-4-11(18)12(19)7-8(2)13-9(15)5-6-10(16)14(13)17/h5-6,8,11-12,19H,3-4,7,18H2,1-2H3. The normalized spacial score (nSPS) is 16.2. The molecule has 0 bridgehead atoms. The highest BCUT2D eigenvalue weighted by Crippen LogP contribution is 2.38. The number of benzene rings is 1. The van der Waals surface area contributed by atoms with Crippen molar-refractivity contribution in [2.45, 2.75) is 51.2 Å². The van der Waals surface area contributed by atoms with Crippen LogP contribution in [-0.4, -0.2) is 17.3 Å². The Morgan fingerprint density at radius 1 is 1.21 bits per heavy atom. The molecule has 0 radical (unpaired) electrons. The van der Waals surface area contributed by atoms with Crippen molar-refractivity contribution >= 4 is 34.8 Å². The van der Waals surface area contributed by atoms with Gasteiger partial charge in [0.25, 0.3) is 0 Å². The average molecular weight is 325 g/mol. The summed E-state index contributed by atoms with van der Waals surface area (Å²) in [5, 5.41) is 11.6. The number of hydrogen-bond donors (Lipinski definition) is 2. The zero-order chi connectivity index (χ0) is 14.6. The minimum Gasteiger partial charge on any atom is -0.391 e. The Bertz CT molecular complexity index is 425. The van der Waals surface area contributed by atoms with E-state index in [-0.39, 0.29) is 12.0 Å². The second-order valence-corrected chi connectivity index (χ2v) is 6.11. The highest BCUT2D eigenvalue weighted by molar-refractivity contribution is 6.44. The second kappa shape index (κ2) is 7.70. The molecule has 108 valence electrons. The molecular formula is C14H20Cl3NO. The second-order valence-electron chi connectivity index (χ2n) is 4.91. The smallest absolute Gasteiger partial charge is 0.0696 e. The van der Waals surface area contributed by atoms with Crippen LogP contribution in [0.5, 0.6) is 0 Å². The molecule has 1 aromatic rings. The monoisotopic (exact) mass is 323 g/mol. The van der Waals surface area contributed by atoms with Gasteiger partial charge in [0.2, 0.25) is 0 Å². The Balaban J connectivity index is 2.84. The lowest BCUT2D eigenvalue weighted by Crippen LogP contribution is -2.35. The predicted molar refractivity (Wildman–Crippen MR) is 83.4 cm³/mol. The van der Waals surface area contributed by atoms with Crippen LogP contribution < -0.4 is 5.73 Å². The third-order valence-corrected chi connectivity index (χ3v) is 4.43. The van der Waals surface area contributed by atoms with E-state index in [1.54, 1.807) is 12.1 Å². The Labute approximate surface area is 129 Å². The van der Waals surface area contributed by atoms with Crippen LogP contribution in [0.2, 0.25) is 15.1 Å². The van der Waals surface area contributed by atoms with E-state index in [0.29, 0.717) is 21.5 Å². The molecule has 1 rings (SSSR count). The van der Waals surface area contributed by atoms with Crippen LogP contribution in [0.3, 0.4) is 0 Å². The summed E-state index contributed by atoms with van der Waals surface area (Å²) in [7, 11) is 0. The number of nitrogens with two attached hydrogens (primary N) is 1. The summed E-state index contributed by atoms with van der Waals surface area (Å²) in [5.74, 6) is -0.00314. The summed E-state index contributed by atoms with van der Waals surface area (Å²) in [5.41, 5.74) is 6.69. The number of rotatable bonds is 6. The van der Waals surface area contributed by atoms with Crippen LogP contribution in [0, 0.1) is 0 Å². The van der Waals surface area contributed by atoms with Crippen LogP contribution in [0.15, 0.2) is 12.1 Å².